The monoisotopic (exact) mass is 396 g/mol. The van der Waals surface area contributed by atoms with Gasteiger partial charge in [-0.05, 0) is 46.3 Å². The van der Waals surface area contributed by atoms with Crippen molar-refractivity contribution in [1.82, 2.24) is 9.78 Å². The molecule has 0 aliphatic carbocycles. The number of carbonyl (C=O) groups is 1. The molecule has 0 aliphatic rings. The van der Waals surface area contributed by atoms with E-state index in [1.807, 2.05) is 0 Å². The van der Waals surface area contributed by atoms with Gasteiger partial charge in [-0.3, -0.25) is 4.79 Å². The number of aldehydes is 1. The standard InChI is InChI=1S/C16H8BrClF2N2O/c17-16-13(8-23)15(12-5-4-10(19)7-14(12)20)21-22(16)11-3-1-2-9(18)6-11/h1-8H. The van der Waals surface area contributed by atoms with Crippen LogP contribution in [0.15, 0.2) is 47.1 Å². The Morgan fingerprint density at radius 3 is 2.61 bits per heavy atom. The van der Waals surface area contributed by atoms with Gasteiger partial charge >= 0.3 is 0 Å². The second-order valence-corrected chi connectivity index (χ2v) is 5.87. The van der Waals surface area contributed by atoms with Gasteiger partial charge in [-0.2, -0.15) is 5.10 Å². The number of aromatic nitrogens is 2. The Hall–Kier alpha value is -2.05. The maximum absolute atomic E-state index is 14.0. The van der Waals surface area contributed by atoms with E-state index >= 15 is 0 Å². The van der Waals surface area contributed by atoms with Crippen molar-refractivity contribution in [2.24, 2.45) is 0 Å². The quantitative estimate of drug-likeness (QED) is 0.580. The minimum atomic E-state index is -0.795. The van der Waals surface area contributed by atoms with Crippen molar-refractivity contribution >= 4 is 33.8 Å². The Balaban J connectivity index is 2.23. The molecule has 1 aromatic heterocycles. The molecular formula is C16H8BrClF2N2O. The molecule has 0 saturated carbocycles. The SMILES string of the molecule is O=Cc1c(-c2ccc(F)cc2F)nn(-c2cccc(Cl)c2)c1Br. The molecule has 0 bridgehead atoms. The summed E-state index contributed by atoms with van der Waals surface area (Å²) in [6.45, 7) is 0. The topological polar surface area (TPSA) is 34.9 Å². The number of carbonyl (C=O) groups excluding carboxylic acids is 1. The molecule has 0 spiro atoms. The third-order valence-electron chi connectivity index (χ3n) is 3.22. The van der Waals surface area contributed by atoms with Crippen LogP contribution in [0.1, 0.15) is 10.4 Å². The van der Waals surface area contributed by atoms with E-state index in [0.717, 1.165) is 12.1 Å². The molecular weight excluding hydrogens is 390 g/mol. The van der Waals surface area contributed by atoms with E-state index in [1.54, 1.807) is 24.3 Å². The van der Waals surface area contributed by atoms with E-state index in [-0.39, 0.29) is 16.8 Å². The summed E-state index contributed by atoms with van der Waals surface area (Å²) in [5.74, 6) is -1.50. The zero-order valence-electron chi connectivity index (χ0n) is 11.4. The molecule has 0 N–H and O–H groups in total. The van der Waals surface area contributed by atoms with E-state index < -0.39 is 11.6 Å². The van der Waals surface area contributed by atoms with Gasteiger partial charge in [0.1, 0.15) is 21.9 Å². The number of rotatable bonds is 3. The van der Waals surface area contributed by atoms with E-state index in [9.17, 15) is 13.6 Å². The first kappa shape index (κ1) is 15.8. The van der Waals surface area contributed by atoms with Crippen LogP contribution in [0.25, 0.3) is 16.9 Å². The first-order chi connectivity index (χ1) is 11.0. The summed E-state index contributed by atoms with van der Waals surface area (Å²) in [7, 11) is 0. The van der Waals surface area contributed by atoms with Gasteiger partial charge < -0.3 is 0 Å². The lowest BCUT2D eigenvalue weighted by Crippen LogP contribution is -1.97. The molecule has 3 aromatic rings. The lowest BCUT2D eigenvalue weighted by molar-refractivity contribution is 0.112. The number of hydrogen-bond donors (Lipinski definition) is 0. The van der Waals surface area contributed by atoms with Crippen molar-refractivity contribution in [3.8, 4) is 16.9 Å². The molecule has 0 atom stereocenters. The highest BCUT2D eigenvalue weighted by Gasteiger charge is 2.20. The van der Waals surface area contributed by atoms with Gasteiger partial charge in [0.25, 0.3) is 0 Å². The molecule has 0 aliphatic heterocycles. The molecule has 0 radical (unpaired) electrons. The minimum Gasteiger partial charge on any atom is -0.298 e. The van der Waals surface area contributed by atoms with Gasteiger partial charge in [0, 0.05) is 16.7 Å². The van der Waals surface area contributed by atoms with Crippen LogP contribution in [0.3, 0.4) is 0 Å². The normalized spacial score (nSPS) is 10.8. The average molecular weight is 398 g/mol. The highest BCUT2D eigenvalue weighted by atomic mass is 79.9. The van der Waals surface area contributed by atoms with E-state index in [4.69, 9.17) is 11.6 Å². The van der Waals surface area contributed by atoms with Crippen LogP contribution < -0.4 is 0 Å². The van der Waals surface area contributed by atoms with Gasteiger partial charge in [0.05, 0.1) is 11.3 Å². The lowest BCUT2D eigenvalue weighted by atomic mass is 10.1. The molecule has 23 heavy (non-hydrogen) atoms. The third kappa shape index (κ3) is 2.92. The van der Waals surface area contributed by atoms with E-state index in [1.165, 1.54) is 10.7 Å². The van der Waals surface area contributed by atoms with Crippen molar-refractivity contribution in [2.75, 3.05) is 0 Å². The number of hydrogen-bond acceptors (Lipinski definition) is 2. The molecule has 0 fully saturated rings. The van der Waals surface area contributed by atoms with Crippen molar-refractivity contribution in [1.29, 1.82) is 0 Å². The van der Waals surface area contributed by atoms with Crippen LogP contribution in [0.4, 0.5) is 8.78 Å². The summed E-state index contributed by atoms with van der Waals surface area (Å²) in [5, 5.41) is 4.76. The van der Waals surface area contributed by atoms with E-state index in [2.05, 4.69) is 21.0 Å². The van der Waals surface area contributed by atoms with Gasteiger partial charge in [0.2, 0.25) is 0 Å². The lowest BCUT2D eigenvalue weighted by Gasteiger charge is -2.03. The molecule has 1 heterocycles. The fourth-order valence-electron chi connectivity index (χ4n) is 2.17. The summed E-state index contributed by atoms with van der Waals surface area (Å²) in [6, 6.07) is 9.92. The van der Waals surface area contributed by atoms with Gasteiger partial charge in [-0.25, -0.2) is 13.5 Å². The zero-order valence-corrected chi connectivity index (χ0v) is 13.8. The number of halogens is 4. The molecule has 0 saturated heterocycles. The van der Waals surface area contributed by atoms with Crippen LogP contribution in [0.5, 0.6) is 0 Å². The highest BCUT2D eigenvalue weighted by Crippen LogP contribution is 2.32. The van der Waals surface area contributed by atoms with Gasteiger partial charge in [-0.1, -0.05) is 17.7 Å². The van der Waals surface area contributed by atoms with Crippen molar-refractivity contribution in [2.45, 2.75) is 0 Å². The predicted molar refractivity (Wildman–Crippen MR) is 87.0 cm³/mol. The van der Waals surface area contributed by atoms with Crippen molar-refractivity contribution in [3.63, 3.8) is 0 Å². The second kappa shape index (κ2) is 6.22. The minimum absolute atomic E-state index is 0.0370. The third-order valence-corrected chi connectivity index (χ3v) is 4.22. The summed E-state index contributed by atoms with van der Waals surface area (Å²) >= 11 is 9.25. The van der Waals surface area contributed by atoms with Crippen LogP contribution >= 0.6 is 27.5 Å². The molecule has 0 unspecified atom stereocenters. The summed E-state index contributed by atoms with van der Waals surface area (Å²) in [5.41, 5.74) is 0.913. The largest absolute Gasteiger partial charge is 0.298 e. The number of nitrogens with zero attached hydrogens (tertiary/aromatic N) is 2. The van der Waals surface area contributed by atoms with Gasteiger partial charge in [-0.15, -0.1) is 0 Å². The summed E-state index contributed by atoms with van der Waals surface area (Å²) in [6.07, 6.45) is 0.566. The maximum atomic E-state index is 14.0. The molecule has 3 nitrogen and oxygen atoms in total. The Bertz CT molecular complexity index is 911. The molecule has 3 rings (SSSR count). The summed E-state index contributed by atoms with van der Waals surface area (Å²) in [4.78, 5) is 11.4. The Morgan fingerprint density at radius 1 is 1.17 bits per heavy atom. The van der Waals surface area contributed by atoms with Crippen LogP contribution in [-0.2, 0) is 0 Å². The predicted octanol–water partition coefficient (Wildman–Crippen LogP) is 5.05. The second-order valence-electron chi connectivity index (χ2n) is 4.69. The Labute approximate surface area is 143 Å². The molecule has 116 valence electrons. The Kier molecular flexibility index (Phi) is 4.28. The highest BCUT2D eigenvalue weighted by molar-refractivity contribution is 9.10. The molecule has 0 amide bonds. The van der Waals surface area contributed by atoms with E-state index in [0.29, 0.717) is 21.6 Å². The van der Waals surface area contributed by atoms with Crippen LogP contribution in [0, 0.1) is 11.6 Å². The molecule has 7 heteroatoms. The first-order valence-corrected chi connectivity index (χ1v) is 7.63. The fourth-order valence-corrected chi connectivity index (χ4v) is 2.92. The molecule has 2 aromatic carbocycles. The van der Waals surface area contributed by atoms with Crippen molar-refractivity contribution < 1.29 is 13.6 Å². The maximum Gasteiger partial charge on any atom is 0.155 e. The average Bonchev–Trinajstić information content (AvgIpc) is 2.84. The zero-order chi connectivity index (χ0) is 16.6. The fraction of sp³-hybridized carbons (Fsp3) is 0. The number of benzene rings is 2. The van der Waals surface area contributed by atoms with Crippen molar-refractivity contribution in [3.05, 3.63) is 69.3 Å². The summed E-state index contributed by atoms with van der Waals surface area (Å²) < 4.78 is 28.9. The van der Waals surface area contributed by atoms with Gasteiger partial charge in [0.15, 0.2) is 6.29 Å². The van der Waals surface area contributed by atoms with Crippen LogP contribution in [0.2, 0.25) is 5.02 Å². The Morgan fingerprint density at radius 2 is 1.96 bits per heavy atom. The first-order valence-electron chi connectivity index (χ1n) is 6.46. The smallest absolute Gasteiger partial charge is 0.155 e. The van der Waals surface area contributed by atoms with Crippen LogP contribution in [-0.4, -0.2) is 16.1 Å².